The van der Waals surface area contributed by atoms with Crippen molar-refractivity contribution in [2.24, 2.45) is 0 Å². The molecule has 168 valence electrons. The molecule has 1 amide bonds. The van der Waals surface area contributed by atoms with Crippen LogP contribution in [0, 0.1) is 0 Å². The first-order valence-corrected chi connectivity index (χ1v) is 10.7. The maximum absolute atomic E-state index is 13.3. The molecule has 0 N–H and O–H groups in total. The topological polar surface area (TPSA) is 55.8 Å². The van der Waals surface area contributed by atoms with Crippen LogP contribution in [0.25, 0.3) is 6.08 Å². The summed E-state index contributed by atoms with van der Waals surface area (Å²) in [6.45, 7) is 0. The summed E-state index contributed by atoms with van der Waals surface area (Å²) in [5.41, 5.74) is 2.51. The van der Waals surface area contributed by atoms with Gasteiger partial charge in [0.15, 0.2) is 5.78 Å². The van der Waals surface area contributed by atoms with Crippen LogP contribution in [0.15, 0.2) is 115 Å². The van der Waals surface area contributed by atoms with Gasteiger partial charge in [0, 0.05) is 11.1 Å². The van der Waals surface area contributed by atoms with E-state index in [1.165, 1.54) is 11.0 Å². The third-order valence-corrected chi connectivity index (χ3v) is 5.12. The van der Waals surface area contributed by atoms with Crippen LogP contribution in [0.4, 0.5) is 16.2 Å². The van der Waals surface area contributed by atoms with Crippen molar-refractivity contribution in [1.82, 2.24) is 0 Å². The Balaban J connectivity index is 1.57. The smallest absolute Gasteiger partial charge is 0.424 e. The van der Waals surface area contributed by atoms with Crippen LogP contribution in [-0.4, -0.2) is 19.0 Å². The van der Waals surface area contributed by atoms with Gasteiger partial charge in [0.05, 0.1) is 18.5 Å². The van der Waals surface area contributed by atoms with E-state index in [4.69, 9.17) is 9.47 Å². The molecule has 0 atom stereocenters. The van der Waals surface area contributed by atoms with E-state index in [1.54, 1.807) is 55.7 Å². The largest absolute Gasteiger partial charge is 0.497 e. The number of carbonyl (C=O) groups excluding carboxylic acids is 2. The SMILES string of the molecule is COc1ccc(C(=O)C=Cc2ccccc2OC(=O)N(c2ccccc2)c2ccccc2)cc1. The molecule has 5 nitrogen and oxygen atoms in total. The van der Waals surface area contributed by atoms with Crippen molar-refractivity contribution in [3.8, 4) is 11.5 Å². The van der Waals surface area contributed by atoms with E-state index in [9.17, 15) is 9.59 Å². The molecule has 4 rings (SSSR count). The highest BCUT2D eigenvalue weighted by atomic mass is 16.6. The van der Waals surface area contributed by atoms with Gasteiger partial charge in [-0.2, -0.15) is 0 Å². The van der Waals surface area contributed by atoms with E-state index in [1.807, 2.05) is 66.7 Å². The predicted molar refractivity (Wildman–Crippen MR) is 134 cm³/mol. The van der Waals surface area contributed by atoms with Gasteiger partial charge in [0.25, 0.3) is 0 Å². The summed E-state index contributed by atoms with van der Waals surface area (Å²) < 4.78 is 10.9. The average molecular weight is 450 g/mol. The summed E-state index contributed by atoms with van der Waals surface area (Å²) >= 11 is 0. The van der Waals surface area contributed by atoms with Crippen LogP contribution in [0.3, 0.4) is 0 Å². The molecule has 4 aromatic carbocycles. The molecule has 0 heterocycles. The molecule has 0 saturated carbocycles. The number of hydrogen-bond acceptors (Lipinski definition) is 4. The highest BCUT2D eigenvalue weighted by Crippen LogP contribution is 2.28. The molecule has 34 heavy (non-hydrogen) atoms. The summed E-state index contributed by atoms with van der Waals surface area (Å²) in [6, 6.07) is 32.5. The van der Waals surface area contributed by atoms with Crippen molar-refractivity contribution in [2.45, 2.75) is 0 Å². The number of para-hydroxylation sites is 3. The van der Waals surface area contributed by atoms with Crippen LogP contribution in [0.5, 0.6) is 11.5 Å². The average Bonchev–Trinajstić information content (AvgIpc) is 2.89. The Labute approximate surface area is 198 Å². The van der Waals surface area contributed by atoms with Crippen molar-refractivity contribution in [3.63, 3.8) is 0 Å². The van der Waals surface area contributed by atoms with E-state index < -0.39 is 6.09 Å². The first kappa shape index (κ1) is 22.6. The number of methoxy groups -OCH3 is 1. The van der Waals surface area contributed by atoms with Crippen LogP contribution >= 0.6 is 0 Å². The molecule has 0 aromatic heterocycles. The van der Waals surface area contributed by atoms with Crippen molar-refractivity contribution >= 4 is 29.3 Å². The van der Waals surface area contributed by atoms with Crippen LogP contribution in [0.1, 0.15) is 15.9 Å². The molecule has 0 unspecified atom stereocenters. The maximum Gasteiger partial charge on any atom is 0.424 e. The summed E-state index contributed by atoms with van der Waals surface area (Å²) in [5.74, 6) is 0.862. The molecule has 0 spiro atoms. The lowest BCUT2D eigenvalue weighted by molar-refractivity contribution is 0.104. The molecular weight excluding hydrogens is 426 g/mol. The van der Waals surface area contributed by atoms with Crippen molar-refractivity contribution in [2.75, 3.05) is 12.0 Å². The number of benzene rings is 4. The predicted octanol–water partition coefficient (Wildman–Crippen LogP) is 6.93. The Kier molecular flexibility index (Phi) is 7.16. The number of ether oxygens (including phenoxy) is 2. The number of ketones is 1. The van der Waals surface area contributed by atoms with Gasteiger partial charge in [0.1, 0.15) is 11.5 Å². The lowest BCUT2D eigenvalue weighted by Crippen LogP contribution is -2.29. The number of amides is 1. The van der Waals surface area contributed by atoms with Gasteiger partial charge in [-0.1, -0.05) is 54.6 Å². The van der Waals surface area contributed by atoms with Crippen molar-refractivity contribution < 1.29 is 19.1 Å². The number of hydrogen-bond donors (Lipinski definition) is 0. The number of nitrogens with zero attached hydrogens (tertiary/aromatic N) is 1. The van der Waals surface area contributed by atoms with Crippen LogP contribution < -0.4 is 14.4 Å². The number of anilines is 2. The standard InChI is InChI=1S/C29H23NO4/c1-33-26-19-16-22(17-20-26)27(31)21-18-23-10-8-9-15-28(23)34-29(32)30(24-11-4-2-5-12-24)25-13-6-3-7-14-25/h2-21H,1H3. The third-order valence-electron chi connectivity index (χ3n) is 5.12. The number of carbonyl (C=O) groups is 2. The first-order chi connectivity index (χ1) is 16.7. The van der Waals surface area contributed by atoms with Gasteiger partial charge in [-0.15, -0.1) is 0 Å². The Bertz CT molecular complexity index is 1240. The summed E-state index contributed by atoms with van der Waals surface area (Å²) in [5, 5.41) is 0. The van der Waals surface area contributed by atoms with E-state index in [-0.39, 0.29) is 5.78 Å². The van der Waals surface area contributed by atoms with Crippen LogP contribution in [0.2, 0.25) is 0 Å². The minimum absolute atomic E-state index is 0.168. The van der Waals surface area contributed by atoms with Gasteiger partial charge >= 0.3 is 6.09 Å². The van der Waals surface area contributed by atoms with E-state index in [2.05, 4.69) is 0 Å². The van der Waals surface area contributed by atoms with Crippen molar-refractivity contribution in [1.29, 1.82) is 0 Å². The molecule has 0 aliphatic carbocycles. The fraction of sp³-hybridized carbons (Fsp3) is 0.0345. The minimum Gasteiger partial charge on any atom is -0.497 e. The monoisotopic (exact) mass is 449 g/mol. The fourth-order valence-corrected chi connectivity index (χ4v) is 3.38. The zero-order valence-corrected chi connectivity index (χ0v) is 18.6. The van der Waals surface area contributed by atoms with Gasteiger partial charge in [-0.3, -0.25) is 4.79 Å². The Morgan fingerprint density at radius 1 is 0.706 bits per heavy atom. The third kappa shape index (κ3) is 5.40. The first-order valence-electron chi connectivity index (χ1n) is 10.7. The van der Waals surface area contributed by atoms with E-state index in [0.29, 0.717) is 34.0 Å². The molecule has 0 saturated heterocycles. The second-order valence-corrected chi connectivity index (χ2v) is 7.34. The van der Waals surface area contributed by atoms with E-state index >= 15 is 0 Å². The minimum atomic E-state index is -0.556. The Hall–Kier alpha value is -4.64. The Morgan fingerprint density at radius 2 is 1.26 bits per heavy atom. The molecule has 0 aliphatic heterocycles. The fourth-order valence-electron chi connectivity index (χ4n) is 3.38. The van der Waals surface area contributed by atoms with Crippen molar-refractivity contribution in [3.05, 3.63) is 126 Å². The van der Waals surface area contributed by atoms with Gasteiger partial charge in [0.2, 0.25) is 0 Å². The van der Waals surface area contributed by atoms with E-state index in [0.717, 1.165) is 0 Å². The van der Waals surface area contributed by atoms with Crippen LogP contribution in [-0.2, 0) is 0 Å². The lowest BCUT2D eigenvalue weighted by atomic mass is 10.1. The zero-order valence-electron chi connectivity index (χ0n) is 18.6. The summed E-state index contributed by atoms with van der Waals surface area (Å²) in [7, 11) is 1.58. The Morgan fingerprint density at radius 3 is 1.85 bits per heavy atom. The second kappa shape index (κ2) is 10.8. The lowest BCUT2D eigenvalue weighted by Gasteiger charge is -2.22. The number of allylic oxidation sites excluding steroid dienone is 1. The number of rotatable bonds is 7. The molecule has 0 fully saturated rings. The highest BCUT2D eigenvalue weighted by molar-refractivity contribution is 6.07. The quantitative estimate of drug-likeness (QED) is 0.227. The molecule has 0 radical (unpaired) electrons. The maximum atomic E-state index is 13.3. The highest BCUT2D eigenvalue weighted by Gasteiger charge is 2.21. The normalized spacial score (nSPS) is 10.6. The summed E-state index contributed by atoms with van der Waals surface area (Å²) in [6.07, 6.45) is 2.55. The molecule has 5 heteroatoms. The second-order valence-electron chi connectivity index (χ2n) is 7.34. The molecular formula is C29H23NO4. The van der Waals surface area contributed by atoms with Gasteiger partial charge < -0.3 is 9.47 Å². The molecule has 0 aliphatic rings. The zero-order chi connectivity index (χ0) is 23.8. The summed E-state index contributed by atoms with van der Waals surface area (Å²) in [4.78, 5) is 27.4. The molecule has 4 aromatic rings. The van der Waals surface area contributed by atoms with Gasteiger partial charge in [-0.05, 0) is 66.7 Å². The molecule has 0 bridgehead atoms. The van der Waals surface area contributed by atoms with Gasteiger partial charge in [-0.25, -0.2) is 9.69 Å².